The predicted octanol–water partition coefficient (Wildman–Crippen LogP) is 5.00. The SMILES string of the molecule is O=C1C(=Cc2ccccc2[N+](=O)[O-])C(=O)N(c2ccc(Cl)cc2)C(=S)N1c1ccccc1. The molecule has 1 heterocycles. The van der Waals surface area contributed by atoms with Crippen molar-refractivity contribution in [2.24, 2.45) is 0 Å². The van der Waals surface area contributed by atoms with Gasteiger partial charge in [-0.2, -0.15) is 0 Å². The van der Waals surface area contributed by atoms with Crippen LogP contribution in [0, 0.1) is 10.1 Å². The van der Waals surface area contributed by atoms with Gasteiger partial charge in [0.15, 0.2) is 5.11 Å². The molecule has 0 aromatic heterocycles. The van der Waals surface area contributed by atoms with Gasteiger partial charge in [-0.3, -0.25) is 29.5 Å². The number of halogens is 1. The smallest absolute Gasteiger partial charge is 0.268 e. The van der Waals surface area contributed by atoms with Gasteiger partial charge < -0.3 is 0 Å². The molecule has 0 spiro atoms. The Hall–Kier alpha value is -3.88. The number of carbonyl (C=O) groups excluding carboxylic acids is 2. The second-order valence-corrected chi connectivity index (χ2v) is 7.55. The number of nitrogens with zero attached hydrogens (tertiary/aromatic N) is 3. The largest absolute Gasteiger partial charge is 0.276 e. The van der Waals surface area contributed by atoms with Crippen LogP contribution in [0.5, 0.6) is 0 Å². The van der Waals surface area contributed by atoms with Crippen molar-refractivity contribution in [3.8, 4) is 0 Å². The van der Waals surface area contributed by atoms with Crippen LogP contribution in [0.1, 0.15) is 5.56 Å². The van der Waals surface area contributed by atoms with Crippen molar-refractivity contribution in [1.82, 2.24) is 0 Å². The molecule has 7 nitrogen and oxygen atoms in total. The summed E-state index contributed by atoms with van der Waals surface area (Å²) in [6, 6.07) is 20.9. The third kappa shape index (κ3) is 3.89. The summed E-state index contributed by atoms with van der Waals surface area (Å²) >= 11 is 11.5. The fourth-order valence-corrected chi connectivity index (χ4v) is 3.79. The second kappa shape index (κ2) is 8.70. The van der Waals surface area contributed by atoms with Gasteiger partial charge in [-0.05, 0) is 60.8 Å². The Balaban J connectivity index is 1.90. The van der Waals surface area contributed by atoms with E-state index in [4.69, 9.17) is 23.8 Å². The zero-order valence-corrected chi connectivity index (χ0v) is 17.9. The highest BCUT2D eigenvalue weighted by atomic mass is 35.5. The summed E-state index contributed by atoms with van der Waals surface area (Å²) in [5.41, 5.74) is 0.518. The number of thiocarbonyl (C=S) groups is 1. The molecule has 9 heteroatoms. The monoisotopic (exact) mass is 463 g/mol. The number of benzene rings is 3. The minimum Gasteiger partial charge on any atom is -0.268 e. The van der Waals surface area contributed by atoms with Crippen LogP contribution in [0.3, 0.4) is 0 Å². The fourth-order valence-electron chi connectivity index (χ4n) is 3.28. The lowest BCUT2D eigenvalue weighted by Crippen LogP contribution is -2.56. The van der Waals surface area contributed by atoms with Gasteiger partial charge in [-0.1, -0.05) is 41.9 Å². The van der Waals surface area contributed by atoms with E-state index in [0.29, 0.717) is 16.4 Å². The van der Waals surface area contributed by atoms with Crippen molar-refractivity contribution in [3.63, 3.8) is 0 Å². The van der Waals surface area contributed by atoms with Gasteiger partial charge in [-0.15, -0.1) is 0 Å². The van der Waals surface area contributed by atoms with Crippen molar-refractivity contribution in [2.75, 3.05) is 9.80 Å². The minimum atomic E-state index is -0.687. The number of hydrogen-bond acceptors (Lipinski definition) is 5. The summed E-state index contributed by atoms with van der Waals surface area (Å²) in [4.78, 5) is 40.1. The molecule has 1 saturated heterocycles. The van der Waals surface area contributed by atoms with Gasteiger partial charge in [-0.25, -0.2) is 0 Å². The minimum absolute atomic E-state index is 0.0340. The Morgan fingerprint density at radius 1 is 0.812 bits per heavy atom. The molecule has 0 atom stereocenters. The Kier molecular flexibility index (Phi) is 5.81. The topological polar surface area (TPSA) is 83.8 Å². The van der Waals surface area contributed by atoms with Crippen molar-refractivity contribution >= 4 is 63.9 Å². The van der Waals surface area contributed by atoms with E-state index in [1.807, 2.05) is 0 Å². The average molecular weight is 464 g/mol. The van der Waals surface area contributed by atoms with E-state index < -0.39 is 16.7 Å². The maximum absolute atomic E-state index is 13.4. The summed E-state index contributed by atoms with van der Waals surface area (Å²) < 4.78 is 0. The number of carbonyl (C=O) groups is 2. The Bertz CT molecular complexity index is 1280. The number of nitro groups is 1. The first-order valence-electron chi connectivity index (χ1n) is 9.37. The molecule has 0 bridgehead atoms. The molecule has 1 fully saturated rings. The van der Waals surface area contributed by atoms with Crippen LogP contribution in [-0.4, -0.2) is 21.9 Å². The summed E-state index contributed by atoms with van der Waals surface area (Å²) in [6.45, 7) is 0. The summed E-state index contributed by atoms with van der Waals surface area (Å²) in [7, 11) is 0. The van der Waals surface area contributed by atoms with Gasteiger partial charge in [0.2, 0.25) is 0 Å². The molecular formula is C23H14ClN3O4S. The molecule has 1 aliphatic heterocycles. The van der Waals surface area contributed by atoms with Crippen molar-refractivity contribution in [3.05, 3.63) is 105 Å². The van der Waals surface area contributed by atoms with Crippen LogP contribution in [-0.2, 0) is 9.59 Å². The zero-order chi connectivity index (χ0) is 22.8. The molecule has 4 rings (SSSR count). The molecule has 3 aromatic carbocycles. The number of nitro benzene ring substituents is 1. The van der Waals surface area contributed by atoms with E-state index in [0.717, 1.165) is 0 Å². The zero-order valence-electron chi connectivity index (χ0n) is 16.3. The third-order valence-electron chi connectivity index (χ3n) is 4.78. The van der Waals surface area contributed by atoms with Gasteiger partial charge in [0, 0.05) is 11.1 Å². The Labute approximate surface area is 193 Å². The van der Waals surface area contributed by atoms with E-state index >= 15 is 0 Å². The summed E-state index contributed by atoms with van der Waals surface area (Å²) in [5.74, 6) is -1.36. The van der Waals surface area contributed by atoms with Gasteiger partial charge >= 0.3 is 0 Å². The molecule has 0 saturated carbocycles. The highest BCUT2D eigenvalue weighted by Gasteiger charge is 2.41. The van der Waals surface area contributed by atoms with Gasteiger partial charge in [0.25, 0.3) is 17.5 Å². The van der Waals surface area contributed by atoms with Crippen LogP contribution in [0.2, 0.25) is 5.02 Å². The van der Waals surface area contributed by atoms with E-state index in [9.17, 15) is 19.7 Å². The first kappa shape index (κ1) is 21.4. The van der Waals surface area contributed by atoms with Crippen molar-refractivity contribution < 1.29 is 14.5 Å². The third-order valence-corrected chi connectivity index (χ3v) is 5.40. The van der Waals surface area contributed by atoms with Gasteiger partial charge in [0.1, 0.15) is 5.57 Å². The molecule has 1 aliphatic rings. The predicted molar refractivity (Wildman–Crippen MR) is 127 cm³/mol. The quantitative estimate of drug-likeness (QED) is 0.179. The molecular weight excluding hydrogens is 450 g/mol. The first-order chi connectivity index (χ1) is 15.4. The van der Waals surface area contributed by atoms with Crippen LogP contribution in [0.4, 0.5) is 17.1 Å². The lowest BCUT2D eigenvalue weighted by Gasteiger charge is -2.36. The molecule has 0 N–H and O–H groups in total. The average Bonchev–Trinajstić information content (AvgIpc) is 2.79. The highest BCUT2D eigenvalue weighted by molar-refractivity contribution is 7.81. The standard InChI is InChI=1S/C23H14ClN3O4S/c24-16-10-12-18(13-11-16)26-22(29)19(14-15-6-4-5-9-20(15)27(30)31)21(28)25(23(26)32)17-7-2-1-3-8-17/h1-14H. The van der Waals surface area contributed by atoms with E-state index in [2.05, 4.69) is 0 Å². The van der Waals surface area contributed by atoms with Crippen LogP contribution < -0.4 is 9.80 Å². The molecule has 0 unspecified atom stereocenters. The molecule has 0 aliphatic carbocycles. The molecule has 32 heavy (non-hydrogen) atoms. The maximum Gasteiger partial charge on any atom is 0.276 e. The summed E-state index contributed by atoms with van der Waals surface area (Å²) in [5, 5.41) is 11.9. The fraction of sp³-hybridized carbons (Fsp3) is 0. The number of para-hydroxylation sites is 2. The van der Waals surface area contributed by atoms with Gasteiger partial charge in [0.05, 0.1) is 21.9 Å². The first-order valence-corrected chi connectivity index (χ1v) is 10.2. The van der Waals surface area contributed by atoms with Crippen LogP contribution in [0.15, 0.2) is 84.4 Å². The summed E-state index contributed by atoms with van der Waals surface area (Å²) in [6.07, 6.45) is 1.23. The van der Waals surface area contributed by atoms with E-state index in [-0.39, 0.29) is 21.9 Å². The van der Waals surface area contributed by atoms with E-state index in [1.165, 1.54) is 34.1 Å². The molecule has 158 valence electrons. The maximum atomic E-state index is 13.4. The second-order valence-electron chi connectivity index (χ2n) is 6.75. The van der Waals surface area contributed by atoms with Crippen LogP contribution >= 0.6 is 23.8 Å². The number of hydrogen-bond donors (Lipinski definition) is 0. The highest BCUT2D eigenvalue weighted by Crippen LogP contribution is 2.31. The lowest BCUT2D eigenvalue weighted by atomic mass is 10.0. The van der Waals surface area contributed by atoms with E-state index in [1.54, 1.807) is 60.7 Å². The molecule has 3 aromatic rings. The van der Waals surface area contributed by atoms with Crippen molar-refractivity contribution in [1.29, 1.82) is 0 Å². The van der Waals surface area contributed by atoms with Crippen LogP contribution in [0.25, 0.3) is 6.08 Å². The number of anilines is 2. The Morgan fingerprint density at radius 3 is 1.94 bits per heavy atom. The number of amides is 2. The lowest BCUT2D eigenvalue weighted by molar-refractivity contribution is -0.385. The Morgan fingerprint density at radius 2 is 1.34 bits per heavy atom. The molecule has 2 amide bonds. The molecule has 0 radical (unpaired) electrons. The normalized spacial score (nSPS) is 15.4. The van der Waals surface area contributed by atoms with Crippen molar-refractivity contribution in [2.45, 2.75) is 0 Å². The number of rotatable bonds is 4.